The van der Waals surface area contributed by atoms with Crippen LogP contribution in [0.1, 0.15) is 5.56 Å². The highest BCUT2D eigenvalue weighted by molar-refractivity contribution is 6.30. The lowest BCUT2D eigenvalue weighted by atomic mass is 9.98. The zero-order valence-electron chi connectivity index (χ0n) is 14.7. The van der Waals surface area contributed by atoms with Crippen molar-refractivity contribution in [3.05, 3.63) is 106 Å². The summed E-state index contributed by atoms with van der Waals surface area (Å²) in [5, 5.41) is 10.0. The van der Waals surface area contributed by atoms with Gasteiger partial charge in [0.2, 0.25) is 0 Å². The van der Waals surface area contributed by atoms with E-state index in [1.165, 1.54) is 0 Å². The van der Waals surface area contributed by atoms with Gasteiger partial charge in [0.15, 0.2) is 0 Å². The van der Waals surface area contributed by atoms with Gasteiger partial charge >= 0.3 is 0 Å². The third-order valence-corrected chi connectivity index (χ3v) is 4.67. The highest BCUT2D eigenvalue weighted by Crippen LogP contribution is 2.28. The van der Waals surface area contributed by atoms with E-state index in [-0.39, 0.29) is 5.56 Å². The molecule has 0 aliphatic rings. The van der Waals surface area contributed by atoms with Crippen LogP contribution in [0.3, 0.4) is 0 Å². The van der Waals surface area contributed by atoms with Gasteiger partial charge in [0.1, 0.15) is 0 Å². The average molecular weight is 384 g/mol. The van der Waals surface area contributed by atoms with Gasteiger partial charge in [-0.15, -0.1) is 0 Å². The van der Waals surface area contributed by atoms with Gasteiger partial charge in [-0.05, 0) is 42.0 Å². The molecule has 0 aliphatic heterocycles. The van der Waals surface area contributed by atoms with Crippen molar-refractivity contribution in [2.75, 3.05) is 0 Å². The predicted molar refractivity (Wildman–Crippen MR) is 110 cm³/mol. The maximum atomic E-state index is 13.2. The van der Waals surface area contributed by atoms with Crippen LogP contribution in [0.5, 0.6) is 0 Å². The number of hydrogen-bond donors (Lipinski definition) is 0. The second-order valence-corrected chi connectivity index (χ2v) is 6.63. The predicted octanol–water partition coefficient (Wildman–Crippen LogP) is 5.09. The van der Waals surface area contributed by atoms with Crippen LogP contribution in [0, 0.1) is 11.3 Å². The second-order valence-electron chi connectivity index (χ2n) is 6.20. The van der Waals surface area contributed by atoms with Gasteiger partial charge in [-0.1, -0.05) is 41.9 Å². The van der Waals surface area contributed by atoms with Crippen LogP contribution in [0.2, 0.25) is 5.02 Å². The molecule has 0 amide bonds. The lowest BCUT2D eigenvalue weighted by Gasteiger charge is -2.13. The van der Waals surface area contributed by atoms with Crippen molar-refractivity contribution >= 4 is 11.6 Å². The summed E-state index contributed by atoms with van der Waals surface area (Å²) in [5.74, 6) is 0. The molecule has 4 aromatic rings. The fourth-order valence-electron chi connectivity index (χ4n) is 3.11. The van der Waals surface area contributed by atoms with Gasteiger partial charge in [0.25, 0.3) is 5.56 Å². The highest BCUT2D eigenvalue weighted by Gasteiger charge is 2.14. The Kier molecular flexibility index (Phi) is 4.76. The van der Waals surface area contributed by atoms with Crippen LogP contribution in [0.15, 0.2) is 90.1 Å². The molecule has 0 unspecified atom stereocenters. The number of benzene rings is 2. The van der Waals surface area contributed by atoms with Gasteiger partial charge in [0.05, 0.1) is 23.5 Å². The molecule has 4 nitrogen and oxygen atoms in total. The molecule has 2 aromatic heterocycles. The summed E-state index contributed by atoms with van der Waals surface area (Å²) in [6, 6.07) is 22.1. The Morgan fingerprint density at radius 3 is 2.54 bits per heavy atom. The number of halogens is 1. The number of pyridine rings is 2. The summed E-state index contributed by atoms with van der Waals surface area (Å²) in [7, 11) is 0. The van der Waals surface area contributed by atoms with Crippen molar-refractivity contribution < 1.29 is 0 Å². The Balaban J connectivity index is 2.04. The van der Waals surface area contributed by atoms with Gasteiger partial charge in [-0.25, -0.2) is 0 Å². The summed E-state index contributed by atoms with van der Waals surface area (Å²) in [6.07, 6.45) is 5.02. The van der Waals surface area contributed by atoms with E-state index in [1.807, 2.05) is 30.3 Å². The van der Waals surface area contributed by atoms with Crippen molar-refractivity contribution in [2.24, 2.45) is 0 Å². The normalized spacial score (nSPS) is 10.4. The zero-order valence-corrected chi connectivity index (χ0v) is 15.5. The summed E-state index contributed by atoms with van der Waals surface area (Å²) < 4.78 is 1.55. The molecule has 0 N–H and O–H groups in total. The minimum atomic E-state index is -0.187. The van der Waals surface area contributed by atoms with E-state index in [0.29, 0.717) is 27.4 Å². The Morgan fingerprint density at radius 2 is 1.79 bits per heavy atom. The maximum Gasteiger partial charge on any atom is 0.263 e. The molecule has 0 bridgehead atoms. The van der Waals surface area contributed by atoms with Gasteiger partial charge in [0, 0.05) is 34.1 Å². The number of rotatable bonds is 3. The van der Waals surface area contributed by atoms with Crippen LogP contribution in [-0.4, -0.2) is 9.55 Å². The van der Waals surface area contributed by atoms with E-state index < -0.39 is 0 Å². The fraction of sp³-hybridized carbons (Fsp3) is 0. The molecule has 2 heterocycles. The maximum absolute atomic E-state index is 13.2. The van der Waals surface area contributed by atoms with Crippen molar-refractivity contribution in [3.63, 3.8) is 0 Å². The molecule has 2 aromatic carbocycles. The molecule has 0 radical (unpaired) electrons. The van der Waals surface area contributed by atoms with Crippen molar-refractivity contribution in [1.82, 2.24) is 9.55 Å². The first-order valence-electron chi connectivity index (χ1n) is 8.60. The third-order valence-electron chi connectivity index (χ3n) is 4.44. The lowest BCUT2D eigenvalue weighted by Crippen LogP contribution is -2.20. The average Bonchev–Trinajstić information content (AvgIpc) is 2.74. The first-order valence-corrected chi connectivity index (χ1v) is 8.98. The van der Waals surface area contributed by atoms with E-state index >= 15 is 0 Å². The minimum absolute atomic E-state index is 0.187. The van der Waals surface area contributed by atoms with Crippen molar-refractivity contribution in [2.45, 2.75) is 0 Å². The van der Waals surface area contributed by atoms with E-state index in [4.69, 9.17) is 11.6 Å². The first-order chi connectivity index (χ1) is 13.7. The van der Waals surface area contributed by atoms with Crippen molar-refractivity contribution in [3.8, 4) is 34.0 Å². The molecule has 4 rings (SSSR count). The number of nitrogens with zero attached hydrogens (tertiary/aromatic N) is 3. The molecule has 5 heteroatoms. The summed E-state index contributed by atoms with van der Waals surface area (Å²) in [6.45, 7) is 0. The summed E-state index contributed by atoms with van der Waals surface area (Å²) >= 11 is 6.15. The lowest BCUT2D eigenvalue weighted by molar-refractivity contribution is 0.983. The Hall–Kier alpha value is -3.68. The minimum Gasteiger partial charge on any atom is -0.282 e. The SMILES string of the molecule is N#Cc1ccccc1-c1cc(-c2cccc(Cl)c2)c(=O)n(-c2cccnc2)c1. The van der Waals surface area contributed by atoms with Gasteiger partial charge in [-0.3, -0.25) is 14.3 Å². The molecule has 0 saturated heterocycles. The van der Waals surface area contributed by atoms with Crippen LogP contribution in [0.4, 0.5) is 0 Å². The quantitative estimate of drug-likeness (QED) is 0.495. The molecule has 0 aliphatic carbocycles. The van der Waals surface area contributed by atoms with Crippen molar-refractivity contribution in [1.29, 1.82) is 5.26 Å². The Labute approximate surface area is 166 Å². The van der Waals surface area contributed by atoms with E-state index in [2.05, 4.69) is 11.1 Å². The molecule has 0 spiro atoms. The largest absolute Gasteiger partial charge is 0.282 e. The topological polar surface area (TPSA) is 58.7 Å². The number of aromatic nitrogens is 2. The Bertz CT molecular complexity index is 1260. The monoisotopic (exact) mass is 383 g/mol. The summed E-state index contributed by atoms with van der Waals surface area (Å²) in [4.78, 5) is 17.4. The van der Waals surface area contributed by atoms with Crippen LogP contribution in [0.25, 0.3) is 27.9 Å². The molecule has 0 atom stereocenters. The Morgan fingerprint density at radius 1 is 0.929 bits per heavy atom. The molecule has 0 saturated carbocycles. The van der Waals surface area contributed by atoms with E-state index in [1.54, 1.807) is 59.6 Å². The standard InChI is InChI=1S/C23H14ClN3O/c24-19-7-3-6-16(11-19)22-12-18(21-9-2-1-5-17(21)13-25)15-27(23(22)28)20-8-4-10-26-14-20/h1-12,14-15H. The zero-order chi connectivity index (χ0) is 19.5. The second kappa shape index (κ2) is 7.51. The summed E-state index contributed by atoms with van der Waals surface area (Å²) in [5.41, 5.74) is 3.72. The van der Waals surface area contributed by atoms with Crippen LogP contribution >= 0.6 is 11.6 Å². The molecule has 134 valence electrons. The van der Waals surface area contributed by atoms with E-state index in [0.717, 1.165) is 11.1 Å². The smallest absolute Gasteiger partial charge is 0.263 e. The van der Waals surface area contributed by atoms with E-state index in [9.17, 15) is 10.1 Å². The molecule has 0 fully saturated rings. The molecule has 28 heavy (non-hydrogen) atoms. The van der Waals surface area contributed by atoms with Gasteiger partial charge < -0.3 is 0 Å². The molecular weight excluding hydrogens is 370 g/mol. The third kappa shape index (κ3) is 3.32. The first kappa shape index (κ1) is 17.7. The van der Waals surface area contributed by atoms with Crippen LogP contribution < -0.4 is 5.56 Å². The molecular formula is C23H14ClN3O. The number of nitriles is 1. The highest BCUT2D eigenvalue weighted by atomic mass is 35.5. The van der Waals surface area contributed by atoms with Crippen LogP contribution in [-0.2, 0) is 0 Å². The fourth-order valence-corrected chi connectivity index (χ4v) is 3.30. The number of hydrogen-bond acceptors (Lipinski definition) is 3. The van der Waals surface area contributed by atoms with Gasteiger partial charge in [-0.2, -0.15) is 5.26 Å².